The van der Waals surface area contributed by atoms with Crippen molar-refractivity contribution in [2.45, 2.75) is 6.42 Å². The monoisotopic (exact) mass is 246 g/mol. The zero-order valence-electron chi connectivity index (χ0n) is 9.94. The zero-order chi connectivity index (χ0) is 12.8. The Labute approximate surface area is 105 Å². The summed E-state index contributed by atoms with van der Waals surface area (Å²) < 4.78 is 13.1. The SMILES string of the molecule is NCCCNc1nccc(-c2cccc(F)c2)n1. The van der Waals surface area contributed by atoms with Crippen LogP contribution in [0.25, 0.3) is 11.3 Å². The van der Waals surface area contributed by atoms with E-state index in [-0.39, 0.29) is 5.82 Å². The highest BCUT2D eigenvalue weighted by Gasteiger charge is 2.02. The molecular formula is C13H15FN4. The summed E-state index contributed by atoms with van der Waals surface area (Å²) in [5.41, 5.74) is 6.84. The normalized spacial score (nSPS) is 10.3. The van der Waals surface area contributed by atoms with E-state index in [0.717, 1.165) is 18.5 Å². The van der Waals surface area contributed by atoms with E-state index in [1.807, 2.05) is 6.07 Å². The average molecular weight is 246 g/mol. The van der Waals surface area contributed by atoms with Crippen LogP contribution in [-0.4, -0.2) is 23.1 Å². The molecule has 4 nitrogen and oxygen atoms in total. The molecule has 1 aromatic heterocycles. The van der Waals surface area contributed by atoms with E-state index in [1.165, 1.54) is 12.1 Å². The molecule has 0 saturated heterocycles. The van der Waals surface area contributed by atoms with Gasteiger partial charge in [0.05, 0.1) is 5.69 Å². The lowest BCUT2D eigenvalue weighted by atomic mass is 10.1. The quantitative estimate of drug-likeness (QED) is 0.792. The Morgan fingerprint density at radius 2 is 2.17 bits per heavy atom. The number of aromatic nitrogens is 2. The molecule has 0 aliphatic heterocycles. The molecule has 0 amide bonds. The molecule has 1 heterocycles. The summed E-state index contributed by atoms with van der Waals surface area (Å²) >= 11 is 0. The highest BCUT2D eigenvalue weighted by atomic mass is 19.1. The Kier molecular flexibility index (Phi) is 4.20. The van der Waals surface area contributed by atoms with Crippen LogP contribution in [0.15, 0.2) is 36.5 Å². The van der Waals surface area contributed by atoms with Crippen LogP contribution in [0.1, 0.15) is 6.42 Å². The third-order valence-corrected chi connectivity index (χ3v) is 2.44. The number of hydrogen-bond donors (Lipinski definition) is 2. The standard InChI is InChI=1S/C13H15FN4/c14-11-4-1-3-10(9-11)12-5-8-17-13(18-12)16-7-2-6-15/h1,3-5,8-9H,2,6-7,15H2,(H,16,17,18). The molecule has 2 aromatic rings. The molecule has 0 aliphatic rings. The summed E-state index contributed by atoms with van der Waals surface area (Å²) in [6.07, 6.45) is 2.51. The molecule has 0 atom stereocenters. The van der Waals surface area contributed by atoms with E-state index < -0.39 is 0 Å². The minimum absolute atomic E-state index is 0.274. The topological polar surface area (TPSA) is 63.8 Å². The van der Waals surface area contributed by atoms with Crippen molar-refractivity contribution in [2.24, 2.45) is 5.73 Å². The van der Waals surface area contributed by atoms with Crippen LogP contribution in [0.4, 0.5) is 10.3 Å². The van der Waals surface area contributed by atoms with Crippen LogP contribution < -0.4 is 11.1 Å². The molecule has 1 aromatic carbocycles. The fraction of sp³-hybridized carbons (Fsp3) is 0.231. The number of benzene rings is 1. The van der Waals surface area contributed by atoms with Gasteiger partial charge in [-0.2, -0.15) is 0 Å². The van der Waals surface area contributed by atoms with Crippen LogP contribution >= 0.6 is 0 Å². The number of nitrogens with one attached hydrogen (secondary N) is 1. The van der Waals surface area contributed by atoms with Gasteiger partial charge >= 0.3 is 0 Å². The van der Waals surface area contributed by atoms with Crippen molar-refractivity contribution in [3.05, 3.63) is 42.3 Å². The summed E-state index contributed by atoms with van der Waals surface area (Å²) in [6.45, 7) is 1.35. The van der Waals surface area contributed by atoms with E-state index in [2.05, 4.69) is 15.3 Å². The summed E-state index contributed by atoms with van der Waals surface area (Å²) in [7, 11) is 0. The largest absolute Gasteiger partial charge is 0.354 e. The molecule has 0 spiro atoms. The van der Waals surface area contributed by atoms with Crippen LogP contribution in [-0.2, 0) is 0 Å². The predicted molar refractivity (Wildman–Crippen MR) is 69.6 cm³/mol. The lowest BCUT2D eigenvalue weighted by Crippen LogP contribution is -2.10. The Hall–Kier alpha value is -2.01. The van der Waals surface area contributed by atoms with Crippen molar-refractivity contribution >= 4 is 5.95 Å². The number of rotatable bonds is 5. The molecule has 5 heteroatoms. The fourth-order valence-corrected chi connectivity index (χ4v) is 1.55. The number of nitrogens with two attached hydrogens (primary N) is 1. The van der Waals surface area contributed by atoms with Gasteiger partial charge in [-0.1, -0.05) is 12.1 Å². The van der Waals surface area contributed by atoms with E-state index >= 15 is 0 Å². The van der Waals surface area contributed by atoms with E-state index in [1.54, 1.807) is 18.3 Å². The van der Waals surface area contributed by atoms with Crippen molar-refractivity contribution in [1.82, 2.24) is 9.97 Å². The van der Waals surface area contributed by atoms with Gasteiger partial charge in [0.1, 0.15) is 5.82 Å². The van der Waals surface area contributed by atoms with Gasteiger partial charge in [-0.3, -0.25) is 0 Å². The predicted octanol–water partition coefficient (Wildman–Crippen LogP) is 2.04. The Bertz CT molecular complexity index is 516. The Morgan fingerprint density at radius 3 is 2.94 bits per heavy atom. The number of halogens is 1. The van der Waals surface area contributed by atoms with Gasteiger partial charge in [0.25, 0.3) is 0 Å². The molecule has 0 bridgehead atoms. The van der Waals surface area contributed by atoms with Crippen molar-refractivity contribution in [2.75, 3.05) is 18.4 Å². The highest BCUT2D eigenvalue weighted by molar-refractivity contribution is 5.59. The van der Waals surface area contributed by atoms with Gasteiger partial charge in [0.2, 0.25) is 5.95 Å². The van der Waals surface area contributed by atoms with Crippen LogP contribution in [0, 0.1) is 5.82 Å². The fourth-order valence-electron chi connectivity index (χ4n) is 1.55. The molecule has 18 heavy (non-hydrogen) atoms. The van der Waals surface area contributed by atoms with E-state index in [9.17, 15) is 4.39 Å². The van der Waals surface area contributed by atoms with E-state index in [0.29, 0.717) is 18.2 Å². The second kappa shape index (κ2) is 6.07. The molecule has 0 saturated carbocycles. The maximum Gasteiger partial charge on any atom is 0.223 e. The van der Waals surface area contributed by atoms with Gasteiger partial charge < -0.3 is 11.1 Å². The molecule has 0 unspecified atom stereocenters. The summed E-state index contributed by atoms with van der Waals surface area (Å²) in [5.74, 6) is 0.258. The van der Waals surface area contributed by atoms with Gasteiger partial charge in [0, 0.05) is 18.3 Å². The van der Waals surface area contributed by atoms with E-state index in [4.69, 9.17) is 5.73 Å². The van der Waals surface area contributed by atoms with Gasteiger partial charge in [-0.15, -0.1) is 0 Å². The molecule has 0 radical (unpaired) electrons. The summed E-state index contributed by atoms with van der Waals surface area (Å²) in [6, 6.07) is 8.09. The van der Waals surface area contributed by atoms with Crippen molar-refractivity contribution in [1.29, 1.82) is 0 Å². The second-order valence-electron chi connectivity index (χ2n) is 3.84. The average Bonchev–Trinajstić information content (AvgIpc) is 2.39. The second-order valence-corrected chi connectivity index (χ2v) is 3.84. The first-order chi connectivity index (χ1) is 8.79. The summed E-state index contributed by atoms with van der Waals surface area (Å²) in [4.78, 5) is 8.43. The maximum absolute atomic E-state index is 13.1. The lowest BCUT2D eigenvalue weighted by molar-refractivity contribution is 0.628. The van der Waals surface area contributed by atoms with Crippen LogP contribution in [0.3, 0.4) is 0 Å². The van der Waals surface area contributed by atoms with Crippen molar-refractivity contribution in [3.8, 4) is 11.3 Å². The van der Waals surface area contributed by atoms with Crippen LogP contribution in [0.2, 0.25) is 0 Å². The van der Waals surface area contributed by atoms with Gasteiger partial charge in [-0.25, -0.2) is 14.4 Å². The first kappa shape index (κ1) is 12.4. The highest BCUT2D eigenvalue weighted by Crippen LogP contribution is 2.18. The van der Waals surface area contributed by atoms with Crippen molar-refractivity contribution < 1.29 is 4.39 Å². The maximum atomic E-state index is 13.1. The van der Waals surface area contributed by atoms with Crippen LogP contribution in [0.5, 0.6) is 0 Å². The first-order valence-electron chi connectivity index (χ1n) is 5.82. The number of hydrogen-bond acceptors (Lipinski definition) is 4. The molecule has 2 rings (SSSR count). The smallest absolute Gasteiger partial charge is 0.223 e. The van der Waals surface area contributed by atoms with Gasteiger partial charge in [-0.05, 0) is 31.2 Å². The minimum Gasteiger partial charge on any atom is -0.354 e. The zero-order valence-corrected chi connectivity index (χ0v) is 9.94. The third-order valence-electron chi connectivity index (χ3n) is 2.44. The molecule has 3 N–H and O–H groups in total. The number of anilines is 1. The molecular weight excluding hydrogens is 231 g/mol. The molecule has 0 fully saturated rings. The Balaban J connectivity index is 2.16. The Morgan fingerprint density at radius 1 is 1.28 bits per heavy atom. The van der Waals surface area contributed by atoms with Crippen molar-refractivity contribution in [3.63, 3.8) is 0 Å². The molecule has 0 aliphatic carbocycles. The summed E-state index contributed by atoms with van der Waals surface area (Å²) in [5, 5.41) is 3.07. The first-order valence-corrected chi connectivity index (χ1v) is 5.82. The third kappa shape index (κ3) is 3.24. The number of nitrogens with zero attached hydrogens (tertiary/aromatic N) is 2. The van der Waals surface area contributed by atoms with Gasteiger partial charge in [0.15, 0.2) is 0 Å². The lowest BCUT2D eigenvalue weighted by Gasteiger charge is -2.06. The minimum atomic E-state index is -0.274. The molecule has 94 valence electrons.